The lowest BCUT2D eigenvalue weighted by atomic mass is 9.98. The Balaban J connectivity index is 1.47. The second kappa shape index (κ2) is 13.3. The van der Waals surface area contributed by atoms with Gasteiger partial charge in [0.15, 0.2) is 29.5 Å². The van der Waals surface area contributed by atoms with E-state index in [0.29, 0.717) is 30.9 Å². The number of unbranched alkanes of at least 4 members (excludes halogenated alkanes) is 3. The summed E-state index contributed by atoms with van der Waals surface area (Å²) in [5, 5.41) is 0. The van der Waals surface area contributed by atoms with Gasteiger partial charge in [0, 0.05) is 22.6 Å². The van der Waals surface area contributed by atoms with E-state index in [1.807, 2.05) is 0 Å². The van der Waals surface area contributed by atoms with Crippen molar-refractivity contribution in [3.05, 3.63) is 77.4 Å². The van der Waals surface area contributed by atoms with Crippen LogP contribution in [0.15, 0.2) is 48.5 Å². The zero-order chi connectivity index (χ0) is 27.1. The molecule has 0 spiro atoms. The Morgan fingerprint density at radius 3 is 1.89 bits per heavy atom. The minimum atomic E-state index is -1.04. The molecule has 0 saturated carbocycles. The molecule has 3 aromatic carbocycles. The number of benzene rings is 3. The molecule has 1 fully saturated rings. The third-order valence-corrected chi connectivity index (χ3v) is 6.84. The van der Waals surface area contributed by atoms with Crippen LogP contribution in [0.25, 0.3) is 22.3 Å². The molecule has 3 aromatic rings. The third-order valence-electron chi connectivity index (χ3n) is 6.84. The molecular weight excluding hydrogens is 496 g/mol. The maximum Gasteiger partial charge on any atom is 0.201 e. The molecule has 0 bridgehead atoms. The average molecular weight is 531 g/mol. The minimum absolute atomic E-state index is 0.0167. The average Bonchev–Trinajstić information content (AvgIpc) is 2.93. The first-order valence-electron chi connectivity index (χ1n) is 13.4. The highest BCUT2D eigenvalue weighted by Gasteiger charge is 2.27. The topological polar surface area (TPSA) is 27.7 Å². The van der Waals surface area contributed by atoms with Crippen molar-refractivity contribution in [2.45, 2.75) is 58.7 Å². The van der Waals surface area contributed by atoms with Gasteiger partial charge in [-0.15, -0.1) is 0 Å². The lowest BCUT2D eigenvalue weighted by Gasteiger charge is -2.29. The summed E-state index contributed by atoms with van der Waals surface area (Å²) in [6.45, 7) is 5.36. The van der Waals surface area contributed by atoms with Gasteiger partial charge in [-0.2, -0.15) is 4.39 Å². The fourth-order valence-electron chi connectivity index (χ4n) is 4.67. The van der Waals surface area contributed by atoms with Gasteiger partial charge in [0.25, 0.3) is 0 Å². The molecule has 0 N–H and O–H groups in total. The van der Waals surface area contributed by atoms with Gasteiger partial charge in [0.1, 0.15) is 0 Å². The number of hydrogen-bond acceptors (Lipinski definition) is 3. The SMILES string of the molecule is CCCCCCOc1ccc(-c2ccc(-c3ccc(C4OCC(CCC)CO4)c(F)c3F)cc2)c(F)c1F. The van der Waals surface area contributed by atoms with Crippen LogP contribution in [-0.4, -0.2) is 19.8 Å². The van der Waals surface area contributed by atoms with Crippen molar-refractivity contribution in [2.75, 3.05) is 19.8 Å². The predicted octanol–water partition coefficient (Wildman–Crippen LogP) is 9.00. The summed E-state index contributed by atoms with van der Waals surface area (Å²) >= 11 is 0. The van der Waals surface area contributed by atoms with Gasteiger partial charge >= 0.3 is 0 Å². The van der Waals surface area contributed by atoms with Crippen molar-refractivity contribution in [3.8, 4) is 28.0 Å². The van der Waals surface area contributed by atoms with Crippen molar-refractivity contribution in [3.63, 3.8) is 0 Å². The molecule has 0 radical (unpaired) electrons. The molecule has 0 aliphatic carbocycles. The zero-order valence-corrected chi connectivity index (χ0v) is 21.9. The zero-order valence-electron chi connectivity index (χ0n) is 21.9. The fraction of sp³-hybridized carbons (Fsp3) is 0.419. The number of halogens is 4. The Morgan fingerprint density at radius 1 is 0.684 bits per heavy atom. The first-order chi connectivity index (χ1) is 18.4. The lowest BCUT2D eigenvalue weighted by molar-refractivity contribution is -0.207. The second-order valence-electron chi connectivity index (χ2n) is 9.71. The molecule has 0 unspecified atom stereocenters. The van der Waals surface area contributed by atoms with Crippen LogP contribution in [0, 0.1) is 29.2 Å². The Labute approximate surface area is 221 Å². The molecule has 1 saturated heterocycles. The highest BCUT2D eigenvalue weighted by molar-refractivity contribution is 5.71. The van der Waals surface area contributed by atoms with Crippen molar-refractivity contribution in [1.29, 1.82) is 0 Å². The molecule has 1 heterocycles. The molecule has 204 valence electrons. The molecule has 7 heteroatoms. The summed E-state index contributed by atoms with van der Waals surface area (Å²) < 4.78 is 76.1. The highest BCUT2D eigenvalue weighted by atomic mass is 19.2. The van der Waals surface area contributed by atoms with Gasteiger partial charge in [0.05, 0.1) is 19.8 Å². The Hall–Kier alpha value is -2.90. The molecule has 0 amide bonds. The highest BCUT2D eigenvalue weighted by Crippen LogP contribution is 2.35. The van der Waals surface area contributed by atoms with Gasteiger partial charge in [-0.05, 0) is 36.1 Å². The first kappa shape index (κ1) is 28.1. The summed E-state index contributed by atoms with van der Waals surface area (Å²) in [7, 11) is 0. The minimum Gasteiger partial charge on any atom is -0.490 e. The lowest BCUT2D eigenvalue weighted by Crippen LogP contribution is -2.27. The third kappa shape index (κ3) is 6.38. The van der Waals surface area contributed by atoms with E-state index in [2.05, 4.69) is 13.8 Å². The molecule has 0 aromatic heterocycles. The first-order valence-corrected chi connectivity index (χ1v) is 13.4. The number of rotatable bonds is 11. The van der Waals surface area contributed by atoms with E-state index in [0.717, 1.165) is 38.5 Å². The van der Waals surface area contributed by atoms with Crippen LogP contribution in [0.4, 0.5) is 17.6 Å². The van der Waals surface area contributed by atoms with Crippen LogP contribution in [0.1, 0.15) is 64.2 Å². The van der Waals surface area contributed by atoms with Gasteiger partial charge < -0.3 is 14.2 Å². The maximum absolute atomic E-state index is 15.0. The summed E-state index contributed by atoms with van der Waals surface area (Å²) in [6.07, 6.45) is 4.89. The fourth-order valence-corrected chi connectivity index (χ4v) is 4.67. The number of hydrogen-bond donors (Lipinski definition) is 0. The standard InChI is InChI=1S/C31H34F4O3/c1-3-5-6-7-17-36-26-16-15-24(28(33)30(26)35)22-11-9-21(10-12-22)23-13-14-25(29(34)27(23)32)31-37-18-20(8-4-2)19-38-31/h9-16,20,31H,3-8,17-19H2,1-2H3. The van der Waals surface area contributed by atoms with Gasteiger partial charge in [-0.25, -0.2) is 13.2 Å². The normalized spacial score (nSPS) is 17.5. The van der Waals surface area contributed by atoms with Crippen LogP contribution in [0.5, 0.6) is 5.75 Å². The molecule has 38 heavy (non-hydrogen) atoms. The maximum atomic E-state index is 15.0. The molecule has 0 atom stereocenters. The van der Waals surface area contributed by atoms with E-state index in [1.54, 1.807) is 24.3 Å². The Morgan fingerprint density at radius 2 is 1.29 bits per heavy atom. The molecule has 3 nitrogen and oxygen atoms in total. The monoisotopic (exact) mass is 530 g/mol. The molecule has 4 rings (SSSR count). The van der Waals surface area contributed by atoms with Gasteiger partial charge in [-0.1, -0.05) is 75.9 Å². The van der Waals surface area contributed by atoms with E-state index in [9.17, 15) is 13.2 Å². The quantitative estimate of drug-likeness (QED) is 0.183. The Bertz CT molecular complexity index is 1200. The smallest absolute Gasteiger partial charge is 0.201 e. The summed E-state index contributed by atoms with van der Waals surface area (Å²) in [5.41, 5.74) is 0.933. The summed E-state index contributed by atoms with van der Waals surface area (Å²) in [5.74, 6) is -3.97. The summed E-state index contributed by atoms with van der Waals surface area (Å²) in [6, 6.07) is 12.0. The van der Waals surface area contributed by atoms with E-state index in [1.165, 1.54) is 24.3 Å². The van der Waals surface area contributed by atoms with E-state index in [4.69, 9.17) is 14.2 Å². The molecule has 1 aliphatic rings. The van der Waals surface area contributed by atoms with E-state index in [-0.39, 0.29) is 28.4 Å². The van der Waals surface area contributed by atoms with Crippen LogP contribution in [0.2, 0.25) is 0 Å². The van der Waals surface area contributed by atoms with Crippen LogP contribution >= 0.6 is 0 Å². The summed E-state index contributed by atoms with van der Waals surface area (Å²) in [4.78, 5) is 0. The van der Waals surface area contributed by atoms with Crippen molar-refractivity contribution < 1.29 is 31.8 Å². The van der Waals surface area contributed by atoms with Crippen molar-refractivity contribution >= 4 is 0 Å². The predicted molar refractivity (Wildman–Crippen MR) is 140 cm³/mol. The van der Waals surface area contributed by atoms with Gasteiger partial charge in [0.2, 0.25) is 5.82 Å². The largest absolute Gasteiger partial charge is 0.490 e. The van der Waals surface area contributed by atoms with Crippen LogP contribution in [-0.2, 0) is 9.47 Å². The van der Waals surface area contributed by atoms with Crippen molar-refractivity contribution in [2.24, 2.45) is 5.92 Å². The van der Waals surface area contributed by atoms with Crippen molar-refractivity contribution in [1.82, 2.24) is 0 Å². The number of ether oxygens (including phenoxy) is 3. The Kier molecular flexibility index (Phi) is 9.80. The van der Waals surface area contributed by atoms with E-state index < -0.39 is 29.6 Å². The van der Waals surface area contributed by atoms with E-state index >= 15 is 4.39 Å². The second-order valence-corrected chi connectivity index (χ2v) is 9.71. The van der Waals surface area contributed by atoms with Gasteiger partial charge in [-0.3, -0.25) is 0 Å². The van der Waals surface area contributed by atoms with Crippen LogP contribution < -0.4 is 4.74 Å². The molecule has 1 aliphatic heterocycles. The van der Waals surface area contributed by atoms with Crippen LogP contribution in [0.3, 0.4) is 0 Å². The molecular formula is C31H34F4O3.